The molecule has 0 aromatic carbocycles. The molecule has 1 N–H and O–H groups in total. The number of hydrogen-bond donors (Lipinski definition) is 1. The zero-order valence-corrected chi connectivity index (χ0v) is 18.7. The van der Waals surface area contributed by atoms with Crippen LogP contribution in [-0.2, 0) is 6.54 Å². The van der Waals surface area contributed by atoms with E-state index in [1.165, 1.54) is 4.88 Å². The molecule has 0 atom stereocenters. The van der Waals surface area contributed by atoms with Gasteiger partial charge in [0.25, 0.3) is 5.91 Å². The van der Waals surface area contributed by atoms with Crippen molar-refractivity contribution in [3.63, 3.8) is 0 Å². The zero-order chi connectivity index (χ0) is 22.1. The molecule has 0 bridgehead atoms. The number of nitrogens with zero attached hydrogens (tertiary/aromatic N) is 6. The summed E-state index contributed by atoms with van der Waals surface area (Å²) in [6.07, 6.45) is 2.01. The van der Waals surface area contributed by atoms with Crippen molar-refractivity contribution >= 4 is 34.1 Å². The summed E-state index contributed by atoms with van der Waals surface area (Å²) >= 11 is 1.64. The number of pyridine rings is 1. The fourth-order valence-electron chi connectivity index (χ4n) is 3.44. The van der Waals surface area contributed by atoms with Crippen molar-refractivity contribution in [2.45, 2.75) is 46.7 Å². The number of rotatable bonds is 6. The highest BCUT2D eigenvalue weighted by Crippen LogP contribution is 2.31. The first kappa shape index (κ1) is 20.8. The van der Waals surface area contributed by atoms with Gasteiger partial charge in [-0.25, -0.2) is 14.3 Å². The molecule has 0 saturated carbocycles. The van der Waals surface area contributed by atoms with Gasteiger partial charge in [-0.2, -0.15) is 15.5 Å². The van der Waals surface area contributed by atoms with E-state index in [4.69, 9.17) is 10.2 Å². The number of hydrogen-bond acceptors (Lipinski definition) is 6. The third-order valence-electron chi connectivity index (χ3n) is 4.87. The molecule has 4 aromatic heterocycles. The SMILES string of the molecule is Cc1cc(NC(=O)c2cc(-c3ccc(C)s3)nc3c2cnn3C(C)C)n(CCC#N)n1. The Balaban J connectivity index is 1.79. The minimum atomic E-state index is -0.261. The quantitative estimate of drug-likeness (QED) is 0.474. The van der Waals surface area contributed by atoms with Crippen LogP contribution in [0, 0.1) is 25.2 Å². The van der Waals surface area contributed by atoms with Gasteiger partial charge in [0.1, 0.15) is 5.82 Å². The summed E-state index contributed by atoms with van der Waals surface area (Å²) in [4.78, 5) is 20.4. The Morgan fingerprint density at radius 2 is 2.10 bits per heavy atom. The van der Waals surface area contributed by atoms with Crippen LogP contribution in [0.1, 0.15) is 47.2 Å². The molecule has 0 aliphatic rings. The van der Waals surface area contributed by atoms with Crippen molar-refractivity contribution < 1.29 is 4.79 Å². The minimum Gasteiger partial charge on any atom is -0.307 e. The predicted molar refractivity (Wildman–Crippen MR) is 121 cm³/mol. The number of carbonyl (C=O) groups is 1. The third kappa shape index (κ3) is 4.07. The number of aryl methyl sites for hydroxylation is 3. The maximum absolute atomic E-state index is 13.4. The van der Waals surface area contributed by atoms with E-state index in [0.717, 1.165) is 16.3 Å². The normalized spacial score (nSPS) is 11.2. The molecule has 0 fully saturated rings. The van der Waals surface area contributed by atoms with E-state index < -0.39 is 0 Å². The zero-order valence-electron chi connectivity index (χ0n) is 17.9. The van der Waals surface area contributed by atoms with Crippen LogP contribution in [-0.4, -0.2) is 30.5 Å². The van der Waals surface area contributed by atoms with Crippen LogP contribution in [0.15, 0.2) is 30.5 Å². The third-order valence-corrected chi connectivity index (χ3v) is 5.90. The van der Waals surface area contributed by atoms with Crippen LogP contribution in [0.5, 0.6) is 0 Å². The number of anilines is 1. The molecule has 0 aliphatic heterocycles. The van der Waals surface area contributed by atoms with E-state index in [1.54, 1.807) is 28.3 Å². The standard InChI is InChI=1S/C22H23N7OS/c1-13(2)29-21-17(12-24-29)16(11-18(25-21)19-7-6-15(4)31-19)22(30)26-20-10-14(3)27-28(20)9-5-8-23/h6-7,10-13H,5,9H2,1-4H3,(H,26,30). The first-order chi connectivity index (χ1) is 14.9. The maximum Gasteiger partial charge on any atom is 0.257 e. The molecule has 31 heavy (non-hydrogen) atoms. The second kappa shape index (κ2) is 8.32. The Morgan fingerprint density at radius 3 is 2.77 bits per heavy atom. The summed E-state index contributed by atoms with van der Waals surface area (Å²) in [6.45, 7) is 8.38. The van der Waals surface area contributed by atoms with Gasteiger partial charge in [0.15, 0.2) is 5.65 Å². The van der Waals surface area contributed by atoms with Crippen molar-refractivity contribution in [2.24, 2.45) is 0 Å². The van der Waals surface area contributed by atoms with Gasteiger partial charge >= 0.3 is 0 Å². The van der Waals surface area contributed by atoms with Gasteiger partial charge in [-0.3, -0.25) is 4.79 Å². The molecule has 158 valence electrons. The van der Waals surface area contributed by atoms with Gasteiger partial charge < -0.3 is 5.32 Å². The average Bonchev–Trinajstić information content (AvgIpc) is 3.43. The number of amides is 1. The van der Waals surface area contributed by atoms with Crippen LogP contribution in [0.25, 0.3) is 21.6 Å². The summed E-state index contributed by atoms with van der Waals surface area (Å²) in [5, 5.41) is 21.4. The van der Waals surface area contributed by atoms with Crippen molar-refractivity contribution in [1.29, 1.82) is 5.26 Å². The van der Waals surface area contributed by atoms with Gasteiger partial charge in [-0.05, 0) is 45.9 Å². The van der Waals surface area contributed by atoms with Gasteiger partial charge in [0.05, 0.1) is 52.4 Å². The lowest BCUT2D eigenvalue weighted by atomic mass is 10.1. The molecule has 0 aliphatic carbocycles. The highest BCUT2D eigenvalue weighted by atomic mass is 32.1. The molecule has 0 radical (unpaired) electrons. The van der Waals surface area contributed by atoms with E-state index in [2.05, 4.69) is 21.6 Å². The number of nitriles is 1. The average molecular weight is 434 g/mol. The van der Waals surface area contributed by atoms with Gasteiger partial charge in [0.2, 0.25) is 0 Å². The number of thiophene rings is 1. The fourth-order valence-corrected chi connectivity index (χ4v) is 4.27. The van der Waals surface area contributed by atoms with Crippen molar-refractivity contribution in [3.8, 4) is 16.6 Å². The summed E-state index contributed by atoms with van der Waals surface area (Å²) in [7, 11) is 0. The first-order valence-electron chi connectivity index (χ1n) is 10.0. The van der Waals surface area contributed by atoms with E-state index in [0.29, 0.717) is 35.4 Å². The van der Waals surface area contributed by atoms with E-state index in [-0.39, 0.29) is 11.9 Å². The lowest BCUT2D eigenvalue weighted by Gasteiger charge is -2.11. The van der Waals surface area contributed by atoms with Crippen LogP contribution in [0.4, 0.5) is 5.82 Å². The molecule has 0 unspecified atom stereocenters. The summed E-state index contributed by atoms with van der Waals surface area (Å²) in [5.41, 5.74) is 2.70. The Hall–Kier alpha value is -3.51. The van der Waals surface area contributed by atoms with Crippen molar-refractivity contribution in [1.82, 2.24) is 24.5 Å². The van der Waals surface area contributed by atoms with Crippen LogP contribution >= 0.6 is 11.3 Å². The second-order valence-corrected chi connectivity index (χ2v) is 8.93. The second-order valence-electron chi connectivity index (χ2n) is 7.64. The topological polar surface area (TPSA) is 101 Å². The Morgan fingerprint density at radius 1 is 1.29 bits per heavy atom. The minimum absolute atomic E-state index is 0.108. The van der Waals surface area contributed by atoms with Gasteiger partial charge in [0, 0.05) is 17.0 Å². The number of fused-ring (bicyclic) bond motifs is 1. The van der Waals surface area contributed by atoms with Crippen molar-refractivity contribution in [3.05, 3.63) is 46.6 Å². The fraction of sp³-hybridized carbons (Fsp3) is 0.318. The lowest BCUT2D eigenvalue weighted by Crippen LogP contribution is -2.16. The van der Waals surface area contributed by atoms with Gasteiger partial charge in [-0.1, -0.05) is 0 Å². The largest absolute Gasteiger partial charge is 0.307 e. The summed E-state index contributed by atoms with van der Waals surface area (Å²) in [6, 6.07) is 9.90. The number of nitrogens with one attached hydrogen (secondary N) is 1. The van der Waals surface area contributed by atoms with Gasteiger partial charge in [-0.15, -0.1) is 11.3 Å². The Bertz CT molecular complexity index is 1310. The van der Waals surface area contributed by atoms with Crippen LogP contribution in [0.2, 0.25) is 0 Å². The summed E-state index contributed by atoms with van der Waals surface area (Å²) < 4.78 is 3.48. The molecule has 9 heteroatoms. The smallest absolute Gasteiger partial charge is 0.257 e. The van der Waals surface area contributed by atoms with E-state index in [9.17, 15) is 4.79 Å². The molecule has 4 rings (SSSR count). The number of aromatic nitrogens is 5. The maximum atomic E-state index is 13.4. The molecule has 0 saturated heterocycles. The molecular formula is C22H23N7OS. The Labute approximate surface area is 184 Å². The highest BCUT2D eigenvalue weighted by Gasteiger charge is 2.20. The molecule has 0 spiro atoms. The lowest BCUT2D eigenvalue weighted by molar-refractivity contribution is 0.102. The highest BCUT2D eigenvalue weighted by molar-refractivity contribution is 7.15. The molecule has 4 heterocycles. The molecule has 8 nitrogen and oxygen atoms in total. The molecular weight excluding hydrogens is 410 g/mol. The van der Waals surface area contributed by atoms with Crippen LogP contribution < -0.4 is 5.32 Å². The van der Waals surface area contributed by atoms with Crippen molar-refractivity contribution in [2.75, 3.05) is 5.32 Å². The van der Waals surface area contributed by atoms with E-state index >= 15 is 0 Å². The monoisotopic (exact) mass is 433 g/mol. The van der Waals surface area contributed by atoms with E-state index in [1.807, 2.05) is 50.6 Å². The number of carbonyl (C=O) groups excluding carboxylic acids is 1. The molecule has 4 aromatic rings. The Kier molecular flexibility index (Phi) is 5.57. The van der Waals surface area contributed by atoms with Crippen LogP contribution in [0.3, 0.4) is 0 Å². The first-order valence-corrected chi connectivity index (χ1v) is 10.9. The summed E-state index contributed by atoms with van der Waals surface area (Å²) in [5.74, 6) is 0.302. The predicted octanol–water partition coefficient (Wildman–Crippen LogP) is 4.72. The molecule has 1 amide bonds.